The Kier molecular flexibility index (Phi) is 5.61. The van der Waals surface area contributed by atoms with Crippen LogP contribution in [0.25, 0.3) is 0 Å². The lowest BCUT2D eigenvalue weighted by Gasteiger charge is -2.43. The molecule has 2 fully saturated rings. The third kappa shape index (κ3) is 3.69. The van der Waals surface area contributed by atoms with Crippen LogP contribution in [0.5, 0.6) is 0 Å². The van der Waals surface area contributed by atoms with E-state index in [2.05, 4.69) is 23.2 Å². The van der Waals surface area contributed by atoms with Gasteiger partial charge in [-0.1, -0.05) is 13.3 Å². The van der Waals surface area contributed by atoms with Gasteiger partial charge in [-0.2, -0.15) is 0 Å². The fraction of sp³-hybridized carbons (Fsp3) is 0.762. The monoisotopic (exact) mass is 392 g/mol. The smallest absolute Gasteiger partial charge is 0.261 e. The Morgan fingerprint density at radius 1 is 1.33 bits per heavy atom. The predicted molar refractivity (Wildman–Crippen MR) is 107 cm³/mol. The number of carbonyl (C=O) groups is 1. The van der Waals surface area contributed by atoms with Crippen LogP contribution in [0.3, 0.4) is 0 Å². The first-order chi connectivity index (χ1) is 13.1. The molecule has 0 radical (unpaired) electrons. The molecule has 3 heterocycles. The second-order valence-electron chi connectivity index (χ2n) is 8.44. The number of fused-ring (bicyclic) bond motifs is 2. The SMILES string of the molecule is CCN1CCC2(CC1)OCCc1sc(C(=O)NCC3(COC)CCC3)cc12. The van der Waals surface area contributed by atoms with E-state index in [4.69, 9.17) is 9.47 Å². The summed E-state index contributed by atoms with van der Waals surface area (Å²) in [5.41, 5.74) is 1.27. The number of nitrogens with zero attached hydrogens (tertiary/aromatic N) is 1. The Labute approximate surface area is 166 Å². The van der Waals surface area contributed by atoms with Gasteiger partial charge in [0.05, 0.1) is 23.7 Å². The average molecular weight is 393 g/mol. The van der Waals surface area contributed by atoms with E-state index in [0.29, 0.717) is 0 Å². The number of nitrogens with one attached hydrogen (secondary N) is 1. The number of likely N-dealkylation sites (tertiary alicyclic amines) is 1. The molecule has 1 spiro atoms. The number of amides is 1. The van der Waals surface area contributed by atoms with Crippen molar-refractivity contribution in [3.05, 3.63) is 21.4 Å². The summed E-state index contributed by atoms with van der Waals surface area (Å²) in [7, 11) is 1.75. The van der Waals surface area contributed by atoms with E-state index >= 15 is 0 Å². The number of ether oxygens (including phenoxy) is 2. The van der Waals surface area contributed by atoms with Gasteiger partial charge in [-0.3, -0.25) is 4.79 Å². The lowest BCUT2D eigenvalue weighted by Crippen LogP contribution is -2.46. The molecule has 0 unspecified atom stereocenters. The van der Waals surface area contributed by atoms with Crippen LogP contribution in [0.2, 0.25) is 0 Å². The van der Waals surface area contributed by atoms with Gasteiger partial charge in [-0.25, -0.2) is 0 Å². The first-order valence-corrected chi connectivity index (χ1v) is 11.2. The topological polar surface area (TPSA) is 50.8 Å². The summed E-state index contributed by atoms with van der Waals surface area (Å²) < 4.78 is 11.7. The maximum Gasteiger partial charge on any atom is 0.261 e. The molecule has 6 heteroatoms. The minimum atomic E-state index is -0.167. The summed E-state index contributed by atoms with van der Waals surface area (Å²) in [4.78, 5) is 17.5. The Morgan fingerprint density at radius 2 is 2.11 bits per heavy atom. The number of carbonyl (C=O) groups excluding carboxylic acids is 1. The summed E-state index contributed by atoms with van der Waals surface area (Å²) in [5.74, 6) is 0.0675. The van der Waals surface area contributed by atoms with Crippen molar-refractivity contribution in [3.63, 3.8) is 0 Å². The van der Waals surface area contributed by atoms with Gasteiger partial charge in [0.25, 0.3) is 5.91 Å². The van der Waals surface area contributed by atoms with Crippen LogP contribution in [-0.4, -0.2) is 57.3 Å². The minimum absolute atomic E-state index is 0.0675. The highest BCUT2D eigenvalue weighted by Crippen LogP contribution is 2.45. The molecule has 27 heavy (non-hydrogen) atoms. The van der Waals surface area contributed by atoms with Crippen LogP contribution in [0.4, 0.5) is 0 Å². The maximum atomic E-state index is 12.8. The number of thiophene rings is 1. The molecule has 1 aromatic rings. The zero-order valence-corrected chi connectivity index (χ0v) is 17.5. The summed E-state index contributed by atoms with van der Waals surface area (Å²) in [5, 5.41) is 3.19. The second-order valence-corrected chi connectivity index (χ2v) is 9.58. The molecule has 0 bridgehead atoms. The number of rotatable bonds is 6. The van der Waals surface area contributed by atoms with Crippen LogP contribution in [-0.2, 0) is 21.5 Å². The minimum Gasteiger partial charge on any atom is -0.384 e. The fourth-order valence-corrected chi connectivity index (χ4v) is 6.03. The summed E-state index contributed by atoms with van der Waals surface area (Å²) >= 11 is 1.67. The van der Waals surface area contributed by atoms with Gasteiger partial charge in [-0.05, 0) is 43.9 Å². The summed E-state index contributed by atoms with van der Waals surface area (Å²) in [6.07, 6.45) is 6.52. The van der Waals surface area contributed by atoms with E-state index in [0.717, 1.165) is 76.4 Å². The van der Waals surface area contributed by atoms with Crippen molar-refractivity contribution in [3.8, 4) is 0 Å². The predicted octanol–water partition coefficient (Wildman–Crippen LogP) is 3.18. The quantitative estimate of drug-likeness (QED) is 0.808. The maximum absolute atomic E-state index is 12.8. The fourth-order valence-electron chi connectivity index (χ4n) is 4.88. The van der Waals surface area contributed by atoms with Crippen molar-refractivity contribution in [1.29, 1.82) is 0 Å². The zero-order valence-electron chi connectivity index (χ0n) is 16.6. The largest absolute Gasteiger partial charge is 0.384 e. The van der Waals surface area contributed by atoms with E-state index in [1.165, 1.54) is 16.9 Å². The van der Waals surface area contributed by atoms with Gasteiger partial charge in [0.1, 0.15) is 0 Å². The first kappa shape index (κ1) is 19.4. The Hall–Kier alpha value is -0.950. The molecule has 0 atom stereocenters. The summed E-state index contributed by atoms with van der Waals surface area (Å²) in [6.45, 7) is 7.70. The average Bonchev–Trinajstić information content (AvgIpc) is 3.10. The van der Waals surface area contributed by atoms with Gasteiger partial charge in [0.2, 0.25) is 0 Å². The molecular formula is C21H32N2O3S. The molecule has 4 rings (SSSR count). The standard InChI is InChI=1S/C21H32N2O3S/c1-3-23-10-8-21(9-11-23)16-13-18(27-17(16)5-12-26-21)19(24)22-14-20(15-25-2)6-4-7-20/h13H,3-12,14-15H2,1-2H3,(H,22,24). The number of piperidine rings is 1. The molecule has 1 saturated heterocycles. The molecule has 5 nitrogen and oxygen atoms in total. The van der Waals surface area contributed by atoms with Crippen LogP contribution < -0.4 is 5.32 Å². The second kappa shape index (κ2) is 7.82. The molecule has 1 aromatic heterocycles. The zero-order chi connectivity index (χ0) is 18.9. The van der Waals surface area contributed by atoms with Crippen molar-refractivity contribution < 1.29 is 14.3 Å². The van der Waals surface area contributed by atoms with E-state index in [9.17, 15) is 4.79 Å². The normalized spacial score (nSPS) is 23.6. The van der Waals surface area contributed by atoms with Gasteiger partial charge < -0.3 is 19.7 Å². The van der Waals surface area contributed by atoms with Crippen molar-refractivity contribution in [2.45, 2.75) is 51.0 Å². The highest BCUT2D eigenvalue weighted by Gasteiger charge is 2.42. The highest BCUT2D eigenvalue weighted by atomic mass is 32.1. The molecule has 2 aliphatic heterocycles. The lowest BCUT2D eigenvalue weighted by atomic mass is 9.69. The molecule has 0 aromatic carbocycles. The molecule has 150 valence electrons. The Balaban J connectivity index is 1.46. The van der Waals surface area contributed by atoms with Crippen molar-refractivity contribution in [2.24, 2.45) is 5.41 Å². The van der Waals surface area contributed by atoms with Crippen molar-refractivity contribution >= 4 is 17.2 Å². The molecule has 1 aliphatic carbocycles. The third-order valence-electron chi connectivity index (χ3n) is 6.83. The number of methoxy groups -OCH3 is 1. The van der Waals surface area contributed by atoms with Crippen LogP contribution in [0, 0.1) is 5.41 Å². The van der Waals surface area contributed by atoms with Crippen LogP contribution in [0.15, 0.2) is 6.07 Å². The van der Waals surface area contributed by atoms with E-state index in [1.54, 1.807) is 18.4 Å². The molecular weight excluding hydrogens is 360 g/mol. The van der Waals surface area contributed by atoms with E-state index in [-0.39, 0.29) is 16.9 Å². The van der Waals surface area contributed by atoms with Gasteiger partial charge in [0.15, 0.2) is 0 Å². The molecule has 1 saturated carbocycles. The van der Waals surface area contributed by atoms with E-state index in [1.807, 2.05) is 0 Å². The summed E-state index contributed by atoms with van der Waals surface area (Å²) in [6, 6.07) is 2.12. The molecule has 3 aliphatic rings. The lowest BCUT2D eigenvalue weighted by molar-refractivity contribution is -0.0964. The Morgan fingerprint density at radius 3 is 2.74 bits per heavy atom. The van der Waals surface area contributed by atoms with Crippen molar-refractivity contribution in [2.75, 3.05) is 46.5 Å². The van der Waals surface area contributed by atoms with Crippen LogP contribution in [0.1, 0.15) is 59.1 Å². The van der Waals surface area contributed by atoms with Gasteiger partial charge >= 0.3 is 0 Å². The number of hydrogen-bond acceptors (Lipinski definition) is 5. The van der Waals surface area contributed by atoms with E-state index < -0.39 is 0 Å². The van der Waals surface area contributed by atoms with Gasteiger partial charge in [-0.15, -0.1) is 11.3 Å². The number of hydrogen-bond donors (Lipinski definition) is 1. The van der Waals surface area contributed by atoms with Crippen molar-refractivity contribution in [1.82, 2.24) is 10.2 Å². The van der Waals surface area contributed by atoms with Gasteiger partial charge in [0, 0.05) is 43.5 Å². The third-order valence-corrected chi connectivity index (χ3v) is 8.02. The highest BCUT2D eigenvalue weighted by molar-refractivity contribution is 7.14. The molecule has 1 N–H and O–H groups in total. The van der Waals surface area contributed by atoms with Crippen LogP contribution >= 0.6 is 11.3 Å². The Bertz CT molecular complexity index is 675. The molecule has 1 amide bonds. The first-order valence-electron chi connectivity index (χ1n) is 10.4.